The van der Waals surface area contributed by atoms with Gasteiger partial charge in [0.15, 0.2) is 11.3 Å². The molecule has 2 saturated heterocycles. The zero-order chi connectivity index (χ0) is 53.6. The number of nitrogens with two attached hydrogens (primary N) is 1. The van der Waals surface area contributed by atoms with Gasteiger partial charge in [0.1, 0.15) is 36.7 Å². The molecule has 0 aliphatic carbocycles. The van der Waals surface area contributed by atoms with Gasteiger partial charge in [-0.05, 0) is 100 Å². The number of hydrogen-bond donors (Lipinski definition) is 3. The summed E-state index contributed by atoms with van der Waals surface area (Å²) in [4.78, 5) is 21.2. The van der Waals surface area contributed by atoms with E-state index in [0.717, 1.165) is 125 Å². The van der Waals surface area contributed by atoms with E-state index in [1.165, 1.54) is 24.3 Å². The maximum atomic E-state index is 14.1. The van der Waals surface area contributed by atoms with Gasteiger partial charge in [0, 0.05) is 138 Å². The summed E-state index contributed by atoms with van der Waals surface area (Å²) in [6.45, 7) is 23.7. The minimum Gasteiger partial charge on any atom is -0.384 e. The summed E-state index contributed by atoms with van der Waals surface area (Å²) in [5, 5.41) is 18.1. The first-order valence-corrected chi connectivity index (χ1v) is 34.1. The van der Waals surface area contributed by atoms with E-state index >= 15 is 0 Å². The molecular formula is C56H74F2N12O4Si2. The van der Waals surface area contributed by atoms with Crippen LogP contribution in [0.1, 0.15) is 63.0 Å². The molecule has 0 spiro atoms. The van der Waals surface area contributed by atoms with Crippen molar-refractivity contribution in [2.45, 2.75) is 115 Å². The molecule has 0 saturated carbocycles. The maximum Gasteiger partial charge on any atom is 0.165 e. The van der Waals surface area contributed by atoms with E-state index in [4.69, 9.17) is 39.7 Å². The van der Waals surface area contributed by atoms with Crippen LogP contribution < -0.4 is 21.3 Å². The van der Waals surface area contributed by atoms with E-state index in [2.05, 4.69) is 89.8 Å². The van der Waals surface area contributed by atoms with Gasteiger partial charge in [-0.25, -0.2) is 18.7 Å². The van der Waals surface area contributed by atoms with Crippen LogP contribution in [0.2, 0.25) is 51.4 Å². The van der Waals surface area contributed by atoms with Gasteiger partial charge in [-0.2, -0.15) is 19.2 Å². The van der Waals surface area contributed by atoms with Gasteiger partial charge in [0.05, 0.1) is 34.8 Å². The lowest BCUT2D eigenvalue weighted by Gasteiger charge is -2.29. The molecule has 20 heteroatoms. The number of pyridine rings is 2. The fraction of sp³-hybridized carbons (Fsp3) is 0.464. The Bertz CT molecular complexity index is 3220. The highest BCUT2D eigenvalue weighted by molar-refractivity contribution is 6.76. The number of hydrogen-bond acceptors (Lipinski definition) is 14. The first-order chi connectivity index (χ1) is 36.4. The molecule has 2 aromatic carbocycles. The lowest BCUT2D eigenvalue weighted by molar-refractivity contribution is 0.0752. The number of nitrogens with zero attached hydrogens (tertiary/aromatic N) is 9. The third-order valence-electron chi connectivity index (χ3n) is 14.0. The normalized spacial score (nSPS) is 15.9. The SMILES string of the molecule is CC(NC1CCOCC1)c1cc(N(COCC[Si](C)(C)C)COCC[Si](C)(C)C)n2ncc(-c3cnc4ccc(F)cc4c3)c2n1.CC(NC1CCOCC1)c1cc(N)n2ncc(-c3cnc4ccc(F)cc4c3)c2n1. The highest BCUT2D eigenvalue weighted by Gasteiger charge is 2.25. The smallest absolute Gasteiger partial charge is 0.165 e. The van der Waals surface area contributed by atoms with Crippen molar-refractivity contribution in [3.05, 3.63) is 108 Å². The summed E-state index contributed by atoms with van der Waals surface area (Å²) in [6, 6.07) is 20.0. The van der Waals surface area contributed by atoms with E-state index in [1.54, 1.807) is 29.0 Å². The van der Waals surface area contributed by atoms with Gasteiger partial charge in [-0.1, -0.05) is 39.3 Å². The molecule has 4 N–H and O–H groups in total. The Morgan fingerprint density at radius 3 is 1.55 bits per heavy atom. The summed E-state index contributed by atoms with van der Waals surface area (Å²) in [7, 11) is -2.50. The van der Waals surface area contributed by atoms with Crippen LogP contribution in [-0.4, -0.2) is 120 Å². The first kappa shape index (κ1) is 54.9. The van der Waals surface area contributed by atoms with Crippen LogP contribution in [0.25, 0.3) is 55.4 Å². The van der Waals surface area contributed by atoms with E-state index in [9.17, 15) is 8.78 Å². The van der Waals surface area contributed by atoms with Crippen molar-refractivity contribution in [1.29, 1.82) is 0 Å². The van der Waals surface area contributed by atoms with Crippen molar-refractivity contribution in [1.82, 2.24) is 49.8 Å². The molecule has 76 heavy (non-hydrogen) atoms. The van der Waals surface area contributed by atoms with Crippen molar-refractivity contribution in [2.75, 3.05) is 63.7 Å². The van der Waals surface area contributed by atoms with Gasteiger partial charge in [0.2, 0.25) is 0 Å². The van der Waals surface area contributed by atoms with E-state index < -0.39 is 16.1 Å². The number of nitrogen functional groups attached to an aromatic ring is 1. The molecule has 0 radical (unpaired) electrons. The molecule has 6 aromatic heterocycles. The molecule has 404 valence electrons. The number of nitrogens with one attached hydrogen (secondary N) is 2. The summed E-state index contributed by atoms with van der Waals surface area (Å²) in [5.74, 6) is 0.786. The summed E-state index contributed by atoms with van der Waals surface area (Å²) < 4.78 is 54.9. The van der Waals surface area contributed by atoms with Crippen LogP contribution in [0, 0.1) is 11.6 Å². The van der Waals surface area contributed by atoms with Crippen LogP contribution in [-0.2, 0) is 18.9 Å². The van der Waals surface area contributed by atoms with E-state index in [1.807, 2.05) is 35.1 Å². The summed E-state index contributed by atoms with van der Waals surface area (Å²) in [5.41, 5.74) is 14.2. The van der Waals surface area contributed by atoms with Crippen LogP contribution in [0.3, 0.4) is 0 Å². The molecule has 2 fully saturated rings. The minimum atomic E-state index is -1.25. The summed E-state index contributed by atoms with van der Waals surface area (Å²) >= 11 is 0. The van der Waals surface area contributed by atoms with Crippen molar-refractivity contribution in [2.24, 2.45) is 0 Å². The number of ether oxygens (including phenoxy) is 4. The number of aromatic nitrogens is 8. The zero-order valence-electron chi connectivity index (χ0n) is 45.3. The van der Waals surface area contributed by atoms with Crippen molar-refractivity contribution in [3.8, 4) is 22.3 Å². The highest BCUT2D eigenvalue weighted by atomic mass is 28.3. The number of benzene rings is 2. The molecule has 2 atom stereocenters. The van der Waals surface area contributed by atoms with Crippen LogP contribution in [0.4, 0.5) is 20.4 Å². The van der Waals surface area contributed by atoms with Gasteiger partial charge in [0.25, 0.3) is 0 Å². The maximum absolute atomic E-state index is 14.1. The molecule has 16 nitrogen and oxygen atoms in total. The van der Waals surface area contributed by atoms with Crippen LogP contribution >= 0.6 is 0 Å². The molecule has 8 aromatic rings. The fourth-order valence-corrected chi connectivity index (χ4v) is 10.9. The molecule has 2 aliphatic heterocycles. The van der Waals surface area contributed by atoms with Crippen molar-refractivity contribution < 1.29 is 27.7 Å². The standard InChI is InChI=1S/C34H51FN6O3Si2.C22H23FN6O/c1-25(38-29-10-12-42-13-11-29)32-20-33(40(23-43-14-16-45(2,3)4)24-44-15-17-46(5,6)7)41-34(39-32)30(22-37-41)27-18-26-19-28(35)8-9-31(26)36-21-27;1-13(27-17-4-6-30-7-5-17)20-10-21(24)29-22(28-20)18(12-26-29)15-8-14-9-16(23)2-3-19(14)25-11-15/h8-9,18-22,25,29,38H,10-17,23-24H2,1-7H3;2-3,8-13,17,27H,4-7,24H2,1H3. The molecule has 10 rings (SSSR count). The average molecular weight is 1070 g/mol. The van der Waals surface area contributed by atoms with Crippen LogP contribution in [0.15, 0.2) is 85.5 Å². The number of rotatable bonds is 19. The van der Waals surface area contributed by atoms with Gasteiger partial charge >= 0.3 is 0 Å². The lowest BCUT2D eigenvalue weighted by Crippen LogP contribution is -2.37. The molecule has 2 aliphatic rings. The molecular weight excluding hydrogens is 999 g/mol. The Kier molecular flexibility index (Phi) is 17.5. The average Bonchev–Trinajstić information content (AvgIpc) is 4.05. The van der Waals surface area contributed by atoms with Crippen molar-refractivity contribution >= 4 is 60.9 Å². The lowest BCUT2D eigenvalue weighted by atomic mass is 10.1. The summed E-state index contributed by atoms with van der Waals surface area (Å²) in [6.07, 6.45) is 11.0. The second-order valence-corrected chi connectivity index (χ2v) is 33.9. The predicted octanol–water partition coefficient (Wildman–Crippen LogP) is 10.8. The topological polar surface area (TPSA) is 176 Å². The van der Waals surface area contributed by atoms with Gasteiger partial charge < -0.3 is 40.2 Å². The Balaban J connectivity index is 0.000000202. The van der Waals surface area contributed by atoms with Crippen LogP contribution in [0.5, 0.6) is 0 Å². The predicted molar refractivity (Wildman–Crippen MR) is 303 cm³/mol. The Morgan fingerprint density at radius 2 is 1.08 bits per heavy atom. The Labute approximate surface area is 446 Å². The minimum absolute atomic E-state index is 0.0131. The molecule has 0 bridgehead atoms. The largest absolute Gasteiger partial charge is 0.384 e. The quantitative estimate of drug-likeness (QED) is 0.0396. The van der Waals surface area contributed by atoms with Gasteiger partial charge in [-0.15, -0.1) is 0 Å². The Morgan fingerprint density at radius 1 is 0.632 bits per heavy atom. The number of fused-ring (bicyclic) bond motifs is 4. The monoisotopic (exact) mass is 1070 g/mol. The van der Waals surface area contributed by atoms with Gasteiger partial charge in [-0.3, -0.25) is 9.97 Å². The van der Waals surface area contributed by atoms with E-state index in [0.29, 0.717) is 55.9 Å². The first-order valence-electron chi connectivity index (χ1n) is 26.7. The fourth-order valence-electron chi connectivity index (χ4n) is 9.43. The third kappa shape index (κ3) is 14.0. The Hall–Kier alpha value is -5.85. The molecule has 0 amide bonds. The second kappa shape index (κ2) is 24.2. The number of halogens is 2. The van der Waals surface area contributed by atoms with E-state index in [-0.39, 0.29) is 23.7 Å². The highest BCUT2D eigenvalue weighted by Crippen LogP contribution is 2.32. The third-order valence-corrected chi connectivity index (χ3v) is 17.4. The second-order valence-electron chi connectivity index (χ2n) is 22.6. The zero-order valence-corrected chi connectivity index (χ0v) is 47.3. The molecule has 8 heterocycles. The van der Waals surface area contributed by atoms with Crippen molar-refractivity contribution in [3.63, 3.8) is 0 Å². The number of anilines is 2. The molecule has 2 unspecified atom stereocenters.